The van der Waals surface area contributed by atoms with E-state index in [9.17, 15) is 23.7 Å². The summed E-state index contributed by atoms with van der Waals surface area (Å²) in [5.41, 5.74) is -1.34. The first-order valence-corrected chi connectivity index (χ1v) is 6.85. The fourth-order valence-corrected chi connectivity index (χ4v) is 3.61. The van der Waals surface area contributed by atoms with Crippen LogP contribution in [0.2, 0.25) is 0 Å². The molecule has 2 aliphatic rings. The number of ether oxygens (including phenoxy) is 1. The molecule has 2 fully saturated rings. The summed E-state index contributed by atoms with van der Waals surface area (Å²) in [6, 6.07) is 0. The summed E-state index contributed by atoms with van der Waals surface area (Å²) in [4.78, 5) is 0. The predicted molar refractivity (Wildman–Crippen MR) is 53.3 cm³/mol. The van der Waals surface area contributed by atoms with Crippen LogP contribution in [0.5, 0.6) is 0 Å². The van der Waals surface area contributed by atoms with Gasteiger partial charge in [0.15, 0.2) is 9.84 Å². The standard InChI is InChI=1S/C8H15NO6S/c1-16(13,14)7-8(3-9-7)6(12)5(11)4(10)2-15-8/h4-7,9-12H,2-3H2,1H3/t4-,5-,6-,7?,8?/m1/s1. The van der Waals surface area contributed by atoms with E-state index < -0.39 is 39.1 Å². The maximum atomic E-state index is 11.4. The minimum absolute atomic E-state index is 0.135. The van der Waals surface area contributed by atoms with Gasteiger partial charge in [0.25, 0.3) is 0 Å². The molecule has 0 amide bonds. The van der Waals surface area contributed by atoms with Crippen molar-refractivity contribution in [2.45, 2.75) is 29.3 Å². The normalized spacial score (nSPS) is 49.0. The Kier molecular flexibility index (Phi) is 2.76. The molecule has 2 saturated heterocycles. The van der Waals surface area contributed by atoms with Crippen LogP contribution in [0, 0.1) is 0 Å². The van der Waals surface area contributed by atoms with Gasteiger partial charge in [-0.1, -0.05) is 0 Å². The smallest absolute Gasteiger partial charge is 0.166 e. The Bertz CT molecular complexity index is 384. The molecule has 0 saturated carbocycles. The highest BCUT2D eigenvalue weighted by molar-refractivity contribution is 7.91. The van der Waals surface area contributed by atoms with Crippen LogP contribution in [0.15, 0.2) is 0 Å². The van der Waals surface area contributed by atoms with Gasteiger partial charge in [-0.2, -0.15) is 0 Å². The van der Waals surface area contributed by atoms with Gasteiger partial charge in [-0.25, -0.2) is 8.42 Å². The highest BCUT2D eigenvalue weighted by Gasteiger charge is 2.62. The first-order chi connectivity index (χ1) is 7.29. The van der Waals surface area contributed by atoms with E-state index in [-0.39, 0.29) is 13.2 Å². The molecule has 2 aliphatic heterocycles. The first kappa shape index (κ1) is 12.2. The van der Waals surface area contributed by atoms with E-state index in [1.54, 1.807) is 0 Å². The second-order valence-electron chi connectivity index (χ2n) is 4.36. The zero-order valence-electron chi connectivity index (χ0n) is 8.70. The molecule has 7 nitrogen and oxygen atoms in total. The molecule has 1 spiro atoms. The Balaban J connectivity index is 2.27. The van der Waals surface area contributed by atoms with Crippen molar-refractivity contribution >= 4 is 9.84 Å². The lowest BCUT2D eigenvalue weighted by molar-refractivity contribution is -0.256. The van der Waals surface area contributed by atoms with Gasteiger partial charge in [0.05, 0.1) is 6.61 Å². The fourth-order valence-electron chi connectivity index (χ4n) is 2.21. The van der Waals surface area contributed by atoms with Crippen molar-refractivity contribution in [3.8, 4) is 0 Å². The molecule has 0 radical (unpaired) electrons. The Hall–Kier alpha value is -0.250. The van der Waals surface area contributed by atoms with Crippen LogP contribution in [0.3, 0.4) is 0 Å². The molecular weight excluding hydrogens is 238 g/mol. The lowest BCUT2D eigenvalue weighted by Crippen LogP contribution is -2.81. The summed E-state index contributed by atoms with van der Waals surface area (Å²) >= 11 is 0. The fraction of sp³-hybridized carbons (Fsp3) is 1.00. The van der Waals surface area contributed by atoms with Gasteiger partial charge in [0.1, 0.15) is 29.3 Å². The van der Waals surface area contributed by atoms with Crippen molar-refractivity contribution < 1.29 is 28.5 Å². The van der Waals surface area contributed by atoms with Crippen LogP contribution < -0.4 is 5.32 Å². The number of hydrogen-bond acceptors (Lipinski definition) is 7. The van der Waals surface area contributed by atoms with Crippen molar-refractivity contribution in [2.75, 3.05) is 19.4 Å². The molecule has 0 aromatic rings. The third-order valence-corrected chi connectivity index (χ3v) is 4.60. The van der Waals surface area contributed by atoms with E-state index in [4.69, 9.17) is 4.74 Å². The number of rotatable bonds is 1. The van der Waals surface area contributed by atoms with Crippen LogP contribution >= 0.6 is 0 Å². The van der Waals surface area contributed by atoms with Crippen molar-refractivity contribution in [1.82, 2.24) is 5.32 Å². The molecule has 0 aromatic carbocycles. The molecule has 2 heterocycles. The predicted octanol–water partition coefficient (Wildman–Crippen LogP) is -3.19. The molecule has 8 heteroatoms. The molecule has 0 aromatic heterocycles. The number of sulfone groups is 1. The molecule has 94 valence electrons. The van der Waals surface area contributed by atoms with Crippen LogP contribution in [0.4, 0.5) is 0 Å². The largest absolute Gasteiger partial charge is 0.388 e. The van der Waals surface area contributed by atoms with Gasteiger partial charge in [-0.15, -0.1) is 0 Å². The molecule has 2 rings (SSSR count). The molecule has 16 heavy (non-hydrogen) atoms. The lowest BCUT2D eigenvalue weighted by atomic mass is 9.82. The van der Waals surface area contributed by atoms with Crippen LogP contribution in [0.1, 0.15) is 0 Å². The zero-order valence-corrected chi connectivity index (χ0v) is 9.51. The zero-order chi connectivity index (χ0) is 12.1. The van der Waals surface area contributed by atoms with Crippen molar-refractivity contribution in [1.29, 1.82) is 0 Å². The van der Waals surface area contributed by atoms with Gasteiger partial charge in [0, 0.05) is 12.8 Å². The molecule has 5 atom stereocenters. The van der Waals surface area contributed by atoms with Gasteiger partial charge < -0.3 is 20.1 Å². The third kappa shape index (κ3) is 1.57. The van der Waals surface area contributed by atoms with E-state index in [1.165, 1.54) is 0 Å². The second-order valence-corrected chi connectivity index (χ2v) is 6.49. The van der Waals surface area contributed by atoms with Gasteiger partial charge in [-0.3, -0.25) is 5.32 Å². The van der Waals surface area contributed by atoms with Crippen molar-refractivity contribution in [3.05, 3.63) is 0 Å². The van der Waals surface area contributed by atoms with E-state index in [0.717, 1.165) is 6.26 Å². The summed E-state index contributed by atoms with van der Waals surface area (Å²) in [5.74, 6) is 0. The van der Waals surface area contributed by atoms with Crippen LogP contribution in [-0.4, -0.2) is 72.4 Å². The van der Waals surface area contributed by atoms with E-state index in [1.807, 2.05) is 0 Å². The number of nitrogens with one attached hydrogen (secondary N) is 1. The molecule has 0 aliphatic carbocycles. The number of aliphatic hydroxyl groups excluding tert-OH is 3. The van der Waals surface area contributed by atoms with Crippen molar-refractivity contribution in [2.24, 2.45) is 0 Å². The van der Waals surface area contributed by atoms with Crippen LogP contribution in [-0.2, 0) is 14.6 Å². The van der Waals surface area contributed by atoms with Gasteiger partial charge >= 0.3 is 0 Å². The highest BCUT2D eigenvalue weighted by Crippen LogP contribution is 2.36. The van der Waals surface area contributed by atoms with E-state index in [2.05, 4.69) is 5.32 Å². The van der Waals surface area contributed by atoms with Crippen molar-refractivity contribution in [3.63, 3.8) is 0 Å². The van der Waals surface area contributed by atoms with E-state index >= 15 is 0 Å². The Morgan fingerprint density at radius 3 is 2.44 bits per heavy atom. The summed E-state index contributed by atoms with van der Waals surface area (Å²) < 4.78 is 28.1. The average molecular weight is 253 g/mol. The van der Waals surface area contributed by atoms with E-state index in [0.29, 0.717) is 0 Å². The Morgan fingerprint density at radius 2 is 2.00 bits per heavy atom. The topological polar surface area (TPSA) is 116 Å². The summed E-state index contributed by atoms with van der Waals surface area (Å²) in [7, 11) is -3.44. The second kappa shape index (κ2) is 3.62. The third-order valence-electron chi connectivity index (χ3n) is 3.18. The molecule has 2 unspecified atom stereocenters. The monoisotopic (exact) mass is 253 g/mol. The average Bonchev–Trinajstić information content (AvgIpc) is 2.10. The first-order valence-electron chi connectivity index (χ1n) is 4.89. The summed E-state index contributed by atoms with van der Waals surface area (Å²) in [5, 5.41) is 30.2. The lowest BCUT2D eigenvalue weighted by Gasteiger charge is -2.55. The number of hydrogen-bond donors (Lipinski definition) is 4. The highest BCUT2D eigenvalue weighted by atomic mass is 32.2. The summed E-state index contributed by atoms with van der Waals surface area (Å²) in [6.45, 7) is -0.0540. The quantitative estimate of drug-likeness (QED) is 0.389. The van der Waals surface area contributed by atoms with Gasteiger partial charge in [-0.05, 0) is 0 Å². The molecule has 4 N–H and O–H groups in total. The van der Waals surface area contributed by atoms with Gasteiger partial charge in [0.2, 0.25) is 0 Å². The Morgan fingerprint density at radius 1 is 1.38 bits per heavy atom. The SMILES string of the molecule is CS(=O)(=O)C1NCC12OC[C@@H](O)[C@@H](O)[C@H]2O. The maximum absolute atomic E-state index is 11.4. The van der Waals surface area contributed by atoms with Crippen LogP contribution in [0.25, 0.3) is 0 Å². The molecular formula is C8H15NO6S. The maximum Gasteiger partial charge on any atom is 0.166 e. The summed E-state index contributed by atoms with van der Waals surface area (Å²) in [6.07, 6.45) is -2.97. The Labute approximate surface area is 93.0 Å². The minimum Gasteiger partial charge on any atom is -0.388 e. The minimum atomic E-state index is -3.44. The number of aliphatic hydroxyl groups is 3. The molecule has 0 bridgehead atoms.